The van der Waals surface area contributed by atoms with Gasteiger partial charge < -0.3 is 9.80 Å². The fourth-order valence-electron chi connectivity index (χ4n) is 4.54. The van der Waals surface area contributed by atoms with Gasteiger partial charge in [-0.2, -0.15) is 13.2 Å². The number of amides is 1. The zero-order valence-corrected chi connectivity index (χ0v) is 19.3. The number of alkyl halides is 3. The Balaban J connectivity index is 1.62. The number of benzene rings is 2. The van der Waals surface area contributed by atoms with Crippen molar-refractivity contribution < 1.29 is 26.4 Å². The monoisotopic (exact) mass is 481 g/mol. The lowest BCUT2D eigenvalue weighted by molar-refractivity contribution is -0.137. The molecule has 6 nitrogen and oxygen atoms in total. The molecule has 0 aromatic heterocycles. The van der Waals surface area contributed by atoms with Crippen LogP contribution in [-0.2, 0) is 26.4 Å². The summed E-state index contributed by atoms with van der Waals surface area (Å²) in [5.41, 5.74) is -0.508. The van der Waals surface area contributed by atoms with Crippen molar-refractivity contribution in [3.8, 4) is 0 Å². The summed E-state index contributed by atoms with van der Waals surface area (Å²) in [4.78, 5) is 16.3. The summed E-state index contributed by atoms with van der Waals surface area (Å²) in [5, 5.41) is 0. The van der Waals surface area contributed by atoms with Gasteiger partial charge in [0.15, 0.2) is 0 Å². The van der Waals surface area contributed by atoms with E-state index in [1.54, 1.807) is 6.07 Å². The zero-order chi connectivity index (χ0) is 24.0. The van der Waals surface area contributed by atoms with Crippen molar-refractivity contribution in [2.45, 2.75) is 43.2 Å². The number of para-hydroxylation sites is 1. The lowest BCUT2D eigenvalue weighted by Crippen LogP contribution is -2.40. The van der Waals surface area contributed by atoms with Crippen LogP contribution in [0.25, 0.3) is 0 Å². The fourth-order valence-corrected chi connectivity index (χ4v) is 5.65. The second kappa shape index (κ2) is 8.23. The number of halogens is 3. The van der Waals surface area contributed by atoms with E-state index in [2.05, 4.69) is 4.72 Å². The molecule has 4 rings (SSSR count). The number of likely N-dealkylation sites (tertiary alicyclic amines) is 1. The van der Waals surface area contributed by atoms with E-state index >= 15 is 0 Å². The molecule has 1 fully saturated rings. The predicted molar refractivity (Wildman–Crippen MR) is 120 cm³/mol. The van der Waals surface area contributed by atoms with Gasteiger partial charge in [0.1, 0.15) is 0 Å². The van der Waals surface area contributed by atoms with Crippen LogP contribution in [0.1, 0.15) is 37.8 Å². The van der Waals surface area contributed by atoms with Crippen molar-refractivity contribution in [3.63, 3.8) is 0 Å². The third-order valence-electron chi connectivity index (χ3n) is 6.20. The van der Waals surface area contributed by atoms with E-state index in [-0.39, 0.29) is 17.3 Å². The highest BCUT2D eigenvalue weighted by Gasteiger charge is 2.38. The summed E-state index contributed by atoms with van der Waals surface area (Å²) in [5.74, 6) is 0.0401. The van der Waals surface area contributed by atoms with Gasteiger partial charge in [-0.1, -0.05) is 26.0 Å². The van der Waals surface area contributed by atoms with E-state index in [1.807, 2.05) is 23.6 Å². The topological polar surface area (TPSA) is 69.7 Å². The van der Waals surface area contributed by atoms with E-state index in [0.717, 1.165) is 49.3 Å². The van der Waals surface area contributed by atoms with Gasteiger partial charge in [0, 0.05) is 30.7 Å². The molecule has 1 amide bonds. The summed E-state index contributed by atoms with van der Waals surface area (Å²) in [6, 6.07) is 8.96. The van der Waals surface area contributed by atoms with Crippen LogP contribution in [0.3, 0.4) is 0 Å². The molecule has 0 radical (unpaired) electrons. The van der Waals surface area contributed by atoms with Crippen LogP contribution in [0.5, 0.6) is 0 Å². The number of rotatable bonds is 5. The van der Waals surface area contributed by atoms with Crippen LogP contribution in [0.2, 0.25) is 0 Å². The standard InChI is InChI=1S/C23H26F3N3O3S/c1-22(2)15-29(14-21(30)28-11-5-6-12-28)20-10-9-16(13-18(20)22)33(31,32)27-19-8-4-3-7-17(19)23(24,25)26/h3-4,7-10,13,27H,5-6,11-12,14-15H2,1-2H3. The number of hydrogen-bond acceptors (Lipinski definition) is 4. The Hall–Kier alpha value is -2.75. The number of sulfonamides is 1. The SMILES string of the molecule is CC1(C)CN(CC(=O)N2CCCC2)c2ccc(S(=O)(=O)Nc3ccccc3C(F)(F)F)cc21. The maximum absolute atomic E-state index is 13.3. The highest BCUT2D eigenvalue weighted by molar-refractivity contribution is 7.92. The average molecular weight is 482 g/mol. The van der Waals surface area contributed by atoms with E-state index in [9.17, 15) is 26.4 Å². The first-order valence-electron chi connectivity index (χ1n) is 10.7. The fraction of sp³-hybridized carbons (Fsp3) is 0.435. The maximum atomic E-state index is 13.3. The second-order valence-corrected chi connectivity index (χ2v) is 10.8. The molecule has 2 heterocycles. The van der Waals surface area contributed by atoms with Crippen LogP contribution >= 0.6 is 0 Å². The number of carbonyl (C=O) groups excluding carboxylic acids is 1. The highest BCUT2D eigenvalue weighted by Crippen LogP contribution is 2.42. The Morgan fingerprint density at radius 3 is 2.42 bits per heavy atom. The molecule has 2 aromatic rings. The third kappa shape index (κ3) is 4.66. The van der Waals surface area contributed by atoms with Gasteiger partial charge in [0.2, 0.25) is 5.91 Å². The average Bonchev–Trinajstić information content (AvgIpc) is 3.34. The first-order chi connectivity index (χ1) is 15.4. The quantitative estimate of drug-likeness (QED) is 0.694. The minimum absolute atomic E-state index is 0.0401. The smallest absolute Gasteiger partial charge is 0.361 e. The molecule has 0 atom stereocenters. The van der Waals surface area contributed by atoms with Gasteiger partial charge in [0.05, 0.1) is 22.7 Å². The third-order valence-corrected chi connectivity index (χ3v) is 7.56. The number of carbonyl (C=O) groups is 1. The van der Waals surface area contributed by atoms with Gasteiger partial charge in [-0.25, -0.2) is 8.42 Å². The Bertz CT molecular complexity index is 1170. The molecule has 1 saturated heterocycles. The van der Waals surface area contributed by atoms with Gasteiger partial charge in [-0.05, 0) is 48.7 Å². The summed E-state index contributed by atoms with van der Waals surface area (Å²) in [6.45, 7) is 6.16. The molecule has 2 aliphatic rings. The maximum Gasteiger partial charge on any atom is 0.418 e. The zero-order valence-electron chi connectivity index (χ0n) is 18.4. The molecule has 2 aromatic carbocycles. The number of nitrogens with zero attached hydrogens (tertiary/aromatic N) is 2. The Morgan fingerprint density at radius 1 is 1.09 bits per heavy atom. The largest absolute Gasteiger partial charge is 0.418 e. The Labute approximate surface area is 191 Å². The van der Waals surface area contributed by atoms with Crippen molar-refractivity contribution >= 4 is 27.3 Å². The minimum atomic E-state index is -4.69. The first kappa shape index (κ1) is 23.4. The molecular weight excluding hydrogens is 455 g/mol. The van der Waals surface area contributed by atoms with Crippen LogP contribution in [0, 0.1) is 0 Å². The summed E-state index contributed by atoms with van der Waals surface area (Å²) >= 11 is 0. The lowest BCUT2D eigenvalue weighted by atomic mass is 9.87. The summed E-state index contributed by atoms with van der Waals surface area (Å²) in [6.07, 6.45) is -2.69. The molecule has 0 spiro atoms. The van der Waals surface area contributed by atoms with Crippen LogP contribution in [-0.4, -0.2) is 45.4 Å². The van der Waals surface area contributed by atoms with Gasteiger partial charge in [-0.3, -0.25) is 9.52 Å². The van der Waals surface area contributed by atoms with Crippen LogP contribution in [0.4, 0.5) is 24.5 Å². The van der Waals surface area contributed by atoms with Crippen LogP contribution in [0.15, 0.2) is 47.4 Å². The molecule has 0 bridgehead atoms. The van der Waals surface area contributed by atoms with E-state index in [4.69, 9.17) is 0 Å². The number of nitrogens with one attached hydrogen (secondary N) is 1. The van der Waals surface area contributed by atoms with Crippen molar-refractivity contribution in [2.24, 2.45) is 0 Å². The van der Waals surface area contributed by atoms with E-state index in [0.29, 0.717) is 6.54 Å². The number of fused-ring (bicyclic) bond motifs is 1. The second-order valence-electron chi connectivity index (χ2n) is 9.16. The predicted octanol–water partition coefficient (Wildman–Crippen LogP) is 4.23. The Kier molecular flexibility index (Phi) is 5.84. The minimum Gasteiger partial charge on any atom is -0.361 e. The molecule has 178 valence electrons. The normalized spacial score (nSPS) is 17.8. The highest BCUT2D eigenvalue weighted by atomic mass is 32.2. The summed E-state index contributed by atoms with van der Waals surface area (Å²) < 4.78 is 67.9. The molecule has 10 heteroatoms. The van der Waals surface area contributed by atoms with E-state index < -0.39 is 32.9 Å². The molecular formula is C23H26F3N3O3S. The van der Waals surface area contributed by atoms with Gasteiger partial charge in [-0.15, -0.1) is 0 Å². The van der Waals surface area contributed by atoms with Crippen LogP contribution < -0.4 is 9.62 Å². The van der Waals surface area contributed by atoms with Crippen molar-refractivity contribution in [1.82, 2.24) is 4.90 Å². The number of hydrogen-bond donors (Lipinski definition) is 1. The first-order valence-corrected chi connectivity index (χ1v) is 12.2. The lowest BCUT2D eigenvalue weighted by Gasteiger charge is -2.24. The molecule has 0 aliphatic carbocycles. The Morgan fingerprint density at radius 2 is 1.76 bits per heavy atom. The molecule has 33 heavy (non-hydrogen) atoms. The molecule has 0 saturated carbocycles. The van der Waals surface area contributed by atoms with Crippen molar-refractivity contribution in [1.29, 1.82) is 0 Å². The van der Waals surface area contributed by atoms with Crippen molar-refractivity contribution in [2.75, 3.05) is 35.8 Å². The van der Waals surface area contributed by atoms with Crippen molar-refractivity contribution in [3.05, 3.63) is 53.6 Å². The van der Waals surface area contributed by atoms with E-state index in [1.165, 1.54) is 24.3 Å². The molecule has 1 N–H and O–H groups in total. The summed E-state index contributed by atoms with van der Waals surface area (Å²) in [7, 11) is -4.27. The number of anilines is 2. The molecule has 2 aliphatic heterocycles. The van der Waals surface area contributed by atoms with Gasteiger partial charge >= 0.3 is 6.18 Å². The molecule has 0 unspecified atom stereocenters. The van der Waals surface area contributed by atoms with Gasteiger partial charge in [0.25, 0.3) is 10.0 Å².